The van der Waals surface area contributed by atoms with Crippen molar-refractivity contribution in [3.63, 3.8) is 0 Å². The van der Waals surface area contributed by atoms with Crippen molar-refractivity contribution in [3.05, 3.63) is 42.5 Å². The van der Waals surface area contributed by atoms with Gasteiger partial charge in [-0.15, -0.1) is 0 Å². The smallest absolute Gasteiger partial charge is 0.227 e. The standard InChI is InChI=1S/C30H42N4O3/c1-23-12-16-33(21-23)14-4-19-36-27-10-11-28-29(20-27)37-30(31-28)24-6-8-26(9-7-24)35-18-5-15-34-17-13-25(22-34)32(2)3/h6-11,20,23,25H,4-5,12-19,21-22H2,1-3H3/t23-,25-/m1/s1. The van der Waals surface area contributed by atoms with Gasteiger partial charge < -0.3 is 28.6 Å². The van der Waals surface area contributed by atoms with Crippen LogP contribution in [0.15, 0.2) is 46.9 Å². The molecule has 7 nitrogen and oxygen atoms in total. The zero-order valence-corrected chi connectivity index (χ0v) is 22.7. The number of aromatic nitrogens is 1. The van der Waals surface area contributed by atoms with Crippen molar-refractivity contribution in [2.75, 3.05) is 66.6 Å². The summed E-state index contributed by atoms with van der Waals surface area (Å²) in [6, 6.07) is 14.6. The fraction of sp³-hybridized carbons (Fsp3) is 0.567. The minimum atomic E-state index is 0.617. The number of likely N-dealkylation sites (tertiary alicyclic amines) is 2. The molecule has 0 unspecified atom stereocenters. The van der Waals surface area contributed by atoms with Crippen LogP contribution in [0.2, 0.25) is 0 Å². The Morgan fingerprint density at radius 1 is 0.892 bits per heavy atom. The van der Waals surface area contributed by atoms with Gasteiger partial charge in [0.15, 0.2) is 5.58 Å². The Bertz CT molecular complexity index is 1130. The fourth-order valence-corrected chi connectivity index (χ4v) is 5.43. The van der Waals surface area contributed by atoms with E-state index in [1.54, 1.807) is 0 Å². The lowest BCUT2D eigenvalue weighted by molar-refractivity contribution is 0.242. The molecule has 2 saturated heterocycles. The summed E-state index contributed by atoms with van der Waals surface area (Å²) in [4.78, 5) is 12.1. The minimum absolute atomic E-state index is 0.617. The summed E-state index contributed by atoms with van der Waals surface area (Å²) in [5.74, 6) is 3.16. The van der Waals surface area contributed by atoms with Crippen LogP contribution < -0.4 is 9.47 Å². The molecule has 3 heterocycles. The second kappa shape index (κ2) is 12.3. The van der Waals surface area contributed by atoms with E-state index in [0.29, 0.717) is 18.5 Å². The van der Waals surface area contributed by atoms with Crippen molar-refractivity contribution in [1.82, 2.24) is 19.7 Å². The molecule has 0 bridgehead atoms. The quantitative estimate of drug-likeness (QED) is 0.320. The van der Waals surface area contributed by atoms with Gasteiger partial charge in [-0.3, -0.25) is 0 Å². The molecule has 2 aliphatic rings. The van der Waals surface area contributed by atoms with Gasteiger partial charge in [0.25, 0.3) is 0 Å². The average molecular weight is 507 g/mol. The molecule has 37 heavy (non-hydrogen) atoms. The monoisotopic (exact) mass is 506 g/mol. The molecular weight excluding hydrogens is 464 g/mol. The van der Waals surface area contributed by atoms with Crippen LogP contribution >= 0.6 is 0 Å². The topological polar surface area (TPSA) is 54.2 Å². The molecule has 3 aromatic rings. The highest BCUT2D eigenvalue weighted by molar-refractivity contribution is 5.77. The van der Waals surface area contributed by atoms with E-state index in [9.17, 15) is 0 Å². The first-order valence-electron chi connectivity index (χ1n) is 13.9. The Balaban J connectivity index is 1.07. The van der Waals surface area contributed by atoms with Crippen LogP contribution in [-0.2, 0) is 0 Å². The maximum absolute atomic E-state index is 6.07. The third kappa shape index (κ3) is 7.03. The van der Waals surface area contributed by atoms with E-state index >= 15 is 0 Å². The first-order chi connectivity index (χ1) is 18.0. The molecule has 2 fully saturated rings. The summed E-state index contributed by atoms with van der Waals surface area (Å²) in [5, 5.41) is 0. The first kappa shape index (κ1) is 26.0. The number of nitrogens with zero attached hydrogens (tertiary/aromatic N) is 4. The van der Waals surface area contributed by atoms with Crippen molar-refractivity contribution in [2.45, 2.75) is 38.6 Å². The zero-order valence-electron chi connectivity index (χ0n) is 22.7. The van der Waals surface area contributed by atoms with Crippen molar-refractivity contribution in [1.29, 1.82) is 0 Å². The lowest BCUT2D eigenvalue weighted by Crippen LogP contribution is -2.32. The minimum Gasteiger partial charge on any atom is -0.494 e. The molecule has 0 aliphatic carbocycles. The Morgan fingerprint density at radius 2 is 1.57 bits per heavy atom. The molecule has 2 aliphatic heterocycles. The Kier molecular flexibility index (Phi) is 8.64. The van der Waals surface area contributed by atoms with Crippen LogP contribution in [0, 0.1) is 5.92 Å². The van der Waals surface area contributed by atoms with E-state index in [2.05, 4.69) is 40.7 Å². The number of ether oxygens (including phenoxy) is 2. The molecule has 0 saturated carbocycles. The van der Waals surface area contributed by atoms with Gasteiger partial charge in [0.05, 0.1) is 13.2 Å². The van der Waals surface area contributed by atoms with E-state index in [-0.39, 0.29) is 0 Å². The van der Waals surface area contributed by atoms with E-state index in [1.165, 1.54) is 32.5 Å². The van der Waals surface area contributed by atoms with Crippen LogP contribution in [0.5, 0.6) is 11.5 Å². The van der Waals surface area contributed by atoms with Crippen molar-refractivity contribution < 1.29 is 13.9 Å². The average Bonchev–Trinajstić information content (AvgIpc) is 3.64. The molecule has 7 heteroatoms. The highest BCUT2D eigenvalue weighted by Crippen LogP contribution is 2.28. The van der Waals surface area contributed by atoms with Crippen LogP contribution in [0.3, 0.4) is 0 Å². The van der Waals surface area contributed by atoms with Gasteiger partial charge in [0.1, 0.15) is 17.0 Å². The summed E-state index contributed by atoms with van der Waals surface area (Å²) in [5.41, 5.74) is 2.53. The first-order valence-corrected chi connectivity index (χ1v) is 13.9. The van der Waals surface area contributed by atoms with Gasteiger partial charge in [0.2, 0.25) is 5.89 Å². The molecule has 0 amide bonds. The van der Waals surface area contributed by atoms with Gasteiger partial charge in [-0.1, -0.05) is 6.92 Å². The second-order valence-corrected chi connectivity index (χ2v) is 11.0. The van der Waals surface area contributed by atoms with E-state index in [0.717, 1.165) is 73.2 Å². The molecule has 5 rings (SSSR count). The molecule has 200 valence electrons. The molecule has 0 spiro atoms. The number of benzene rings is 2. The maximum Gasteiger partial charge on any atom is 0.227 e. The molecule has 2 aromatic carbocycles. The van der Waals surface area contributed by atoms with Crippen LogP contribution in [0.1, 0.15) is 32.6 Å². The van der Waals surface area contributed by atoms with Gasteiger partial charge in [0, 0.05) is 43.9 Å². The second-order valence-electron chi connectivity index (χ2n) is 11.0. The number of oxazole rings is 1. The number of hydrogen-bond donors (Lipinski definition) is 0. The molecular formula is C30H42N4O3. The molecule has 0 N–H and O–H groups in total. The zero-order chi connectivity index (χ0) is 25.6. The van der Waals surface area contributed by atoms with Gasteiger partial charge in [-0.05, 0) is 95.2 Å². The largest absolute Gasteiger partial charge is 0.494 e. The summed E-state index contributed by atoms with van der Waals surface area (Å²) in [7, 11) is 4.34. The Hall–Kier alpha value is -2.61. The summed E-state index contributed by atoms with van der Waals surface area (Å²) >= 11 is 0. The Labute approximate surface area is 221 Å². The lowest BCUT2D eigenvalue weighted by Gasteiger charge is -2.20. The molecule has 1 aromatic heterocycles. The number of likely N-dealkylation sites (N-methyl/N-ethyl adjacent to an activating group) is 1. The summed E-state index contributed by atoms with van der Waals surface area (Å²) < 4.78 is 18.0. The van der Waals surface area contributed by atoms with Gasteiger partial charge >= 0.3 is 0 Å². The lowest BCUT2D eigenvalue weighted by atomic mass is 10.2. The Morgan fingerprint density at radius 3 is 2.24 bits per heavy atom. The molecule has 0 radical (unpaired) electrons. The predicted octanol–water partition coefficient (Wildman–Crippen LogP) is 5.01. The molecule has 2 atom stereocenters. The summed E-state index contributed by atoms with van der Waals surface area (Å²) in [6.07, 6.45) is 4.65. The third-order valence-corrected chi connectivity index (χ3v) is 7.72. The van der Waals surface area contributed by atoms with Gasteiger partial charge in [-0.25, -0.2) is 4.98 Å². The maximum atomic E-state index is 6.07. The fourth-order valence-electron chi connectivity index (χ4n) is 5.43. The van der Waals surface area contributed by atoms with Crippen LogP contribution in [0.4, 0.5) is 0 Å². The summed E-state index contributed by atoms with van der Waals surface area (Å²) in [6.45, 7) is 10.8. The number of rotatable bonds is 12. The highest BCUT2D eigenvalue weighted by atomic mass is 16.5. The van der Waals surface area contributed by atoms with Crippen LogP contribution in [0.25, 0.3) is 22.6 Å². The highest BCUT2D eigenvalue weighted by Gasteiger charge is 2.23. The number of fused-ring (bicyclic) bond motifs is 1. The van der Waals surface area contributed by atoms with Crippen molar-refractivity contribution >= 4 is 11.1 Å². The van der Waals surface area contributed by atoms with Crippen molar-refractivity contribution in [2.24, 2.45) is 5.92 Å². The van der Waals surface area contributed by atoms with Crippen LogP contribution in [-0.4, -0.2) is 92.3 Å². The van der Waals surface area contributed by atoms with Gasteiger partial charge in [-0.2, -0.15) is 0 Å². The SMILES string of the molecule is C[C@@H]1CCN(CCCOc2ccc3nc(-c4ccc(OCCCN5CC[C@@H](N(C)C)C5)cc4)oc3c2)C1. The third-order valence-electron chi connectivity index (χ3n) is 7.72. The van der Waals surface area contributed by atoms with Crippen molar-refractivity contribution in [3.8, 4) is 23.0 Å². The predicted molar refractivity (Wildman–Crippen MR) is 148 cm³/mol. The normalized spacial score (nSPS) is 20.9. The van der Waals surface area contributed by atoms with E-state index in [4.69, 9.17) is 13.9 Å². The number of hydrogen-bond acceptors (Lipinski definition) is 7. The van der Waals surface area contributed by atoms with E-state index in [1.807, 2.05) is 42.5 Å². The van der Waals surface area contributed by atoms with E-state index < -0.39 is 0 Å².